The fraction of sp³-hybridized carbons (Fsp3) is 0.211. The van der Waals surface area contributed by atoms with Crippen LogP contribution >= 0.6 is 0 Å². The molecule has 1 atom stereocenters. The molecule has 1 unspecified atom stereocenters. The second-order valence-corrected chi connectivity index (χ2v) is 5.68. The molecule has 0 saturated heterocycles. The van der Waals surface area contributed by atoms with E-state index in [0.717, 1.165) is 11.1 Å². The van der Waals surface area contributed by atoms with E-state index in [-0.39, 0.29) is 36.6 Å². The molecule has 0 N–H and O–H groups in total. The highest BCUT2D eigenvalue weighted by Gasteiger charge is 2.15. The van der Waals surface area contributed by atoms with Gasteiger partial charge in [-0.25, -0.2) is 4.39 Å². The van der Waals surface area contributed by atoms with Crippen molar-refractivity contribution in [3.05, 3.63) is 71.9 Å². The van der Waals surface area contributed by atoms with Gasteiger partial charge in [0.1, 0.15) is 5.82 Å². The van der Waals surface area contributed by atoms with Crippen LogP contribution in [-0.2, 0) is 16.1 Å². The normalized spacial score (nSPS) is 11.9. The van der Waals surface area contributed by atoms with Crippen molar-refractivity contribution in [3.8, 4) is 11.5 Å². The van der Waals surface area contributed by atoms with Gasteiger partial charge < -0.3 is 9.15 Å². The lowest BCUT2D eigenvalue weighted by molar-refractivity contribution is -0.146. The van der Waals surface area contributed by atoms with Crippen molar-refractivity contribution in [2.75, 3.05) is 0 Å². The van der Waals surface area contributed by atoms with E-state index in [0.29, 0.717) is 5.89 Å². The number of benzene rings is 2. The fourth-order valence-corrected chi connectivity index (χ4v) is 2.37. The summed E-state index contributed by atoms with van der Waals surface area (Å²) in [5.74, 6) is -0.135. The SMILES string of the molecule is CC(CC(=O)OCc1nnc(-c2ccccc2)o1)c1ccc(F)cc1. The van der Waals surface area contributed by atoms with E-state index in [4.69, 9.17) is 9.15 Å². The van der Waals surface area contributed by atoms with Crippen LogP contribution in [0.3, 0.4) is 0 Å². The summed E-state index contributed by atoms with van der Waals surface area (Å²) in [5, 5.41) is 7.81. The molecule has 3 rings (SSSR count). The topological polar surface area (TPSA) is 65.2 Å². The number of ether oxygens (including phenoxy) is 1. The van der Waals surface area contributed by atoms with Crippen molar-refractivity contribution in [2.45, 2.75) is 25.9 Å². The van der Waals surface area contributed by atoms with E-state index in [9.17, 15) is 9.18 Å². The van der Waals surface area contributed by atoms with Gasteiger partial charge in [-0.15, -0.1) is 10.2 Å². The van der Waals surface area contributed by atoms with Crippen LogP contribution in [0, 0.1) is 5.82 Å². The molecule has 128 valence electrons. The van der Waals surface area contributed by atoms with Crippen LogP contribution in [0.25, 0.3) is 11.5 Å². The molecule has 1 heterocycles. The first-order valence-corrected chi connectivity index (χ1v) is 7.90. The summed E-state index contributed by atoms with van der Waals surface area (Å²) in [7, 11) is 0. The maximum Gasteiger partial charge on any atom is 0.306 e. The van der Waals surface area contributed by atoms with E-state index in [1.54, 1.807) is 12.1 Å². The Hall–Kier alpha value is -3.02. The van der Waals surface area contributed by atoms with Crippen molar-refractivity contribution in [3.63, 3.8) is 0 Å². The minimum Gasteiger partial charge on any atom is -0.456 e. The Morgan fingerprint density at radius 2 is 1.84 bits per heavy atom. The summed E-state index contributed by atoms with van der Waals surface area (Å²) >= 11 is 0. The van der Waals surface area contributed by atoms with E-state index in [1.165, 1.54) is 12.1 Å². The van der Waals surface area contributed by atoms with Crippen LogP contribution in [0.15, 0.2) is 59.0 Å². The van der Waals surface area contributed by atoms with Crippen LogP contribution in [0.5, 0.6) is 0 Å². The van der Waals surface area contributed by atoms with Crippen LogP contribution < -0.4 is 0 Å². The summed E-state index contributed by atoms with van der Waals surface area (Å²) in [4.78, 5) is 12.0. The lowest BCUT2D eigenvalue weighted by Gasteiger charge is -2.10. The predicted molar refractivity (Wildman–Crippen MR) is 89.0 cm³/mol. The number of rotatable bonds is 6. The minimum absolute atomic E-state index is 0.0735. The Morgan fingerprint density at radius 1 is 1.12 bits per heavy atom. The van der Waals surface area contributed by atoms with Gasteiger partial charge in [-0.05, 0) is 35.7 Å². The first-order valence-electron chi connectivity index (χ1n) is 7.90. The van der Waals surface area contributed by atoms with Gasteiger partial charge in [0.25, 0.3) is 5.89 Å². The molecule has 2 aromatic carbocycles. The number of esters is 1. The highest BCUT2D eigenvalue weighted by atomic mass is 19.1. The van der Waals surface area contributed by atoms with Crippen molar-refractivity contribution < 1.29 is 18.3 Å². The van der Waals surface area contributed by atoms with Gasteiger partial charge in [-0.1, -0.05) is 37.3 Å². The predicted octanol–water partition coefficient (Wildman–Crippen LogP) is 4.11. The van der Waals surface area contributed by atoms with Crippen LogP contribution in [0.1, 0.15) is 30.7 Å². The maximum atomic E-state index is 12.9. The molecule has 0 amide bonds. The molecule has 25 heavy (non-hydrogen) atoms. The largest absolute Gasteiger partial charge is 0.456 e. The summed E-state index contributed by atoms with van der Waals surface area (Å²) < 4.78 is 23.6. The molecule has 0 aliphatic carbocycles. The number of halogens is 1. The average molecular weight is 340 g/mol. The summed E-state index contributed by atoms with van der Waals surface area (Å²) in [6.45, 7) is 1.81. The molecule has 1 aromatic heterocycles. The number of nitrogens with zero attached hydrogens (tertiary/aromatic N) is 2. The molecule has 6 heteroatoms. The molecule has 0 radical (unpaired) electrons. The van der Waals surface area contributed by atoms with Crippen LogP contribution in [0.2, 0.25) is 0 Å². The zero-order chi connectivity index (χ0) is 17.6. The van der Waals surface area contributed by atoms with E-state index in [1.807, 2.05) is 37.3 Å². The quantitative estimate of drug-likeness (QED) is 0.632. The molecule has 0 aliphatic heterocycles. The molecule has 0 bridgehead atoms. The van der Waals surface area contributed by atoms with Gasteiger partial charge in [0.2, 0.25) is 5.89 Å². The number of hydrogen-bond acceptors (Lipinski definition) is 5. The third-order valence-corrected chi connectivity index (χ3v) is 3.76. The Balaban J connectivity index is 1.52. The van der Waals surface area contributed by atoms with Gasteiger partial charge in [0, 0.05) is 5.56 Å². The van der Waals surface area contributed by atoms with Gasteiger partial charge in [-0.2, -0.15) is 0 Å². The molecule has 3 aromatic rings. The molecular formula is C19H17FN2O3. The summed E-state index contributed by atoms with van der Waals surface area (Å²) in [5.41, 5.74) is 1.68. The zero-order valence-corrected chi connectivity index (χ0v) is 13.7. The van der Waals surface area contributed by atoms with Crippen molar-refractivity contribution in [1.29, 1.82) is 0 Å². The lowest BCUT2D eigenvalue weighted by Crippen LogP contribution is -2.09. The highest BCUT2D eigenvalue weighted by Crippen LogP contribution is 2.21. The number of aromatic nitrogens is 2. The van der Waals surface area contributed by atoms with E-state index < -0.39 is 0 Å². The molecule has 0 aliphatic rings. The molecule has 0 spiro atoms. The van der Waals surface area contributed by atoms with Gasteiger partial charge in [0.05, 0.1) is 6.42 Å². The van der Waals surface area contributed by atoms with Gasteiger partial charge >= 0.3 is 5.97 Å². The third kappa shape index (κ3) is 4.50. The Morgan fingerprint density at radius 3 is 2.56 bits per heavy atom. The monoisotopic (exact) mass is 340 g/mol. The minimum atomic E-state index is -0.378. The molecule has 0 fully saturated rings. The zero-order valence-electron chi connectivity index (χ0n) is 13.7. The molecule has 0 saturated carbocycles. The molecular weight excluding hydrogens is 323 g/mol. The average Bonchev–Trinajstić information content (AvgIpc) is 3.10. The summed E-state index contributed by atoms with van der Waals surface area (Å²) in [6.07, 6.45) is 0.186. The second kappa shape index (κ2) is 7.70. The van der Waals surface area contributed by atoms with E-state index >= 15 is 0 Å². The third-order valence-electron chi connectivity index (χ3n) is 3.76. The van der Waals surface area contributed by atoms with Crippen LogP contribution in [-0.4, -0.2) is 16.2 Å². The van der Waals surface area contributed by atoms with Gasteiger partial charge in [0.15, 0.2) is 6.61 Å². The number of carbonyl (C=O) groups is 1. The Bertz CT molecular complexity index is 831. The van der Waals surface area contributed by atoms with Gasteiger partial charge in [-0.3, -0.25) is 4.79 Å². The second-order valence-electron chi connectivity index (χ2n) is 5.68. The highest BCUT2D eigenvalue weighted by molar-refractivity contribution is 5.70. The summed E-state index contributed by atoms with van der Waals surface area (Å²) in [6, 6.07) is 15.4. The van der Waals surface area contributed by atoms with E-state index in [2.05, 4.69) is 10.2 Å². The van der Waals surface area contributed by atoms with Crippen molar-refractivity contribution in [2.24, 2.45) is 0 Å². The standard InChI is InChI=1S/C19H17FN2O3/c1-13(14-7-9-16(20)10-8-14)11-18(23)24-12-17-21-22-19(25-17)15-5-3-2-4-6-15/h2-10,13H,11-12H2,1H3. The lowest BCUT2D eigenvalue weighted by atomic mass is 9.98. The fourth-order valence-electron chi connectivity index (χ4n) is 2.37. The van der Waals surface area contributed by atoms with Crippen molar-refractivity contribution in [1.82, 2.24) is 10.2 Å². The number of carbonyl (C=O) groups excluding carboxylic acids is 1. The molecule has 5 nitrogen and oxygen atoms in total. The Labute approximate surface area is 144 Å². The Kier molecular flexibility index (Phi) is 5.18. The smallest absolute Gasteiger partial charge is 0.306 e. The maximum absolute atomic E-state index is 12.9. The van der Waals surface area contributed by atoms with Crippen LogP contribution in [0.4, 0.5) is 4.39 Å². The van der Waals surface area contributed by atoms with Crippen molar-refractivity contribution >= 4 is 5.97 Å². The first-order chi connectivity index (χ1) is 12.1. The number of hydrogen-bond donors (Lipinski definition) is 0. The first kappa shape index (κ1) is 16.8.